The van der Waals surface area contributed by atoms with Crippen molar-refractivity contribution in [3.8, 4) is 11.1 Å². The predicted octanol–water partition coefficient (Wildman–Crippen LogP) is 3.66. The fourth-order valence-corrected chi connectivity index (χ4v) is 3.95. The highest BCUT2D eigenvalue weighted by molar-refractivity contribution is 7.86. The second-order valence-electron chi connectivity index (χ2n) is 5.26. The van der Waals surface area contributed by atoms with Crippen molar-refractivity contribution in [2.45, 2.75) is 11.3 Å². The highest BCUT2D eigenvalue weighted by Crippen LogP contribution is 2.44. The lowest BCUT2D eigenvalue weighted by Gasteiger charge is -2.10. The van der Waals surface area contributed by atoms with Gasteiger partial charge in [0.05, 0.1) is 4.90 Å². The molecule has 4 heteroatoms. The number of hydrogen-bond acceptors (Lipinski definition) is 2. The van der Waals surface area contributed by atoms with Gasteiger partial charge in [0.15, 0.2) is 0 Å². The summed E-state index contributed by atoms with van der Waals surface area (Å²) in [5.74, 6) is 0. The molecule has 21 heavy (non-hydrogen) atoms. The second kappa shape index (κ2) is 4.16. The van der Waals surface area contributed by atoms with Crippen LogP contribution < -0.4 is 0 Å². The van der Waals surface area contributed by atoms with Crippen LogP contribution in [0.25, 0.3) is 21.9 Å². The standard InChI is InChI=1S/C17H12O3S/c18-21(19,20)16-10-12-6-2-4-8-14(12)17-13-7-3-1-5-11(13)9-15(16)17/h1-8,10H,9H2,(H,18,19,20). The summed E-state index contributed by atoms with van der Waals surface area (Å²) >= 11 is 0. The quantitative estimate of drug-likeness (QED) is 0.545. The van der Waals surface area contributed by atoms with E-state index in [9.17, 15) is 13.0 Å². The van der Waals surface area contributed by atoms with Crippen LogP contribution in [0.4, 0.5) is 0 Å². The van der Waals surface area contributed by atoms with Crippen molar-refractivity contribution in [3.63, 3.8) is 0 Å². The van der Waals surface area contributed by atoms with E-state index in [-0.39, 0.29) is 4.90 Å². The highest BCUT2D eigenvalue weighted by Gasteiger charge is 2.27. The lowest BCUT2D eigenvalue weighted by Crippen LogP contribution is -2.03. The van der Waals surface area contributed by atoms with Gasteiger partial charge in [-0.05, 0) is 39.1 Å². The number of benzene rings is 3. The van der Waals surface area contributed by atoms with Gasteiger partial charge in [-0.2, -0.15) is 8.42 Å². The Hall–Kier alpha value is -2.17. The van der Waals surface area contributed by atoms with Gasteiger partial charge in [0.2, 0.25) is 0 Å². The Labute approximate surface area is 122 Å². The molecule has 1 N–H and O–H groups in total. The first-order valence-corrected chi connectivity index (χ1v) is 8.10. The van der Waals surface area contributed by atoms with Crippen LogP contribution in [-0.2, 0) is 16.5 Å². The van der Waals surface area contributed by atoms with Gasteiger partial charge in [0.1, 0.15) is 0 Å². The molecule has 104 valence electrons. The normalized spacial score (nSPS) is 13.2. The van der Waals surface area contributed by atoms with Gasteiger partial charge in [-0.1, -0.05) is 48.5 Å². The zero-order valence-corrected chi connectivity index (χ0v) is 11.9. The molecule has 0 amide bonds. The number of rotatable bonds is 1. The Morgan fingerprint density at radius 1 is 0.952 bits per heavy atom. The van der Waals surface area contributed by atoms with Gasteiger partial charge in [-0.15, -0.1) is 0 Å². The first-order valence-electron chi connectivity index (χ1n) is 6.66. The third-order valence-corrected chi connectivity index (χ3v) is 4.97. The molecule has 1 aliphatic rings. The zero-order chi connectivity index (χ0) is 14.6. The van der Waals surface area contributed by atoms with Crippen LogP contribution in [0.1, 0.15) is 11.1 Å². The summed E-state index contributed by atoms with van der Waals surface area (Å²) in [6.45, 7) is 0. The lowest BCUT2D eigenvalue weighted by molar-refractivity contribution is 0.482. The van der Waals surface area contributed by atoms with Crippen LogP contribution in [0.5, 0.6) is 0 Å². The Balaban J connectivity index is 2.22. The summed E-state index contributed by atoms with van der Waals surface area (Å²) in [4.78, 5) is 0.0207. The summed E-state index contributed by atoms with van der Waals surface area (Å²) in [5, 5.41) is 1.84. The predicted molar refractivity (Wildman–Crippen MR) is 82.0 cm³/mol. The molecule has 0 heterocycles. The van der Waals surface area contributed by atoms with Gasteiger partial charge in [0.25, 0.3) is 10.1 Å². The van der Waals surface area contributed by atoms with Gasteiger partial charge >= 0.3 is 0 Å². The molecule has 0 aliphatic heterocycles. The molecule has 3 nitrogen and oxygen atoms in total. The number of hydrogen-bond donors (Lipinski definition) is 1. The van der Waals surface area contributed by atoms with Crippen molar-refractivity contribution >= 4 is 20.9 Å². The summed E-state index contributed by atoms with van der Waals surface area (Å²) in [7, 11) is -4.24. The summed E-state index contributed by atoms with van der Waals surface area (Å²) in [6.07, 6.45) is 0.533. The molecule has 3 aromatic rings. The van der Waals surface area contributed by atoms with Crippen LogP contribution in [0.3, 0.4) is 0 Å². The Bertz CT molecular complexity index is 988. The van der Waals surface area contributed by atoms with Crippen LogP contribution >= 0.6 is 0 Å². The molecule has 0 fully saturated rings. The monoisotopic (exact) mass is 296 g/mol. The maximum atomic E-state index is 11.7. The van der Waals surface area contributed by atoms with E-state index in [1.165, 1.54) is 0 Å². The molecule has 3 aromatic carbocycles. The van der Waals surface area contributed by atoms with E-state index in [0.717, 1.165) is 27.5 Å². The maximum absolute atomic E-state index is 11.7. The molecule has 0 aromatic heterocycles. The van der Waals surface area contributed by atoms with Gasteiger partial charge in [0, 0.05) is 6.42 Å². The van der Waals surface area contributed by atoms with Crippen molar-refractivity contribution in [2.24, 2.45) is 0 Å². The minimum Gasteiger partial charge on any atom is -0.282 e. The van der Waals surface area contributed by atoms with E-state index in [1.807, 2.05) is 48.5 Å². The average molecular weight is 296 g/mol. The molecule has 0 atom stereocenters. The Morgan fingerprint density at radius 3 is 2.48 bits per heavy atom. The van der Waals surface area contributed by atoms with E-state index in [2.05, 4.69) is 0 Å². The molecule has 0 saturated carbocycles. The van der Waals surface area contributed by atoms with Crippen molar-refractivity contribution < 1.29 is 13.0 Å². The fourth-order valence-electron chi connectivity index (χ4n) is 3.19. The minimum absolute atomic E-state index is 0.0207. The maximum Gasteiger partial charge on any atom is 0.294 e. The SMILES string of the molecule is O=S(=O)(O)c1cc2ccccc2c2c1Cc1ccccc1-2. The first-order chi connectivity index (χ1) is 10.1. The molecular formula is C17H12O3S. The van der Waals surface area contributed by atoms with Crippen molar-refractivity contribution in [1.29, 1.82) is 0 Å². The molecule has 0 spiro atoms. The smallest absolute Gasteiger partial charge is 0.282 e. The molecule has 4 rings (SSSR count). The van der Waals surface area contributed by atoms with Gasteiger partial charge in [-0.25, -0.2) is 0 Å². The molecule has 0 saturated heterocycles. The zero-order valence-electron chi connectivity index (χ0n) is 11.1. The van der Waals surface area contributed by atoms with Crippen LogP contribution in [0.2, 0.25) is 0 Å². The Kier molecular flexibility index (Phi) is 2.49. The van der Waals surface area contributed by atoms with Crippen LogP contribution in [0.15, 0.2) is 59.5 Å². The van der Waals surface area contributed by atoms with Crippen LogP contribution in [-0.4, -0.2) is 13.0 Å². The molecule has 0 bridgehead atoms. The largest absolute Gasteiger partial charge is 0.294 e. The summed E-state index contributed by atoms with van der Waals surface area (Å²) < 4.78 is 33.0. The van der Waals surface area contributed by atoms with Crippen molar-refractivity contribution in [2.75, 3.05) is 0 Å². The van der Waals surface area contributed by atoms with Gasteiger partial charge < -0.3 is 0 Å². The lowest BCUT2D eigenvalue weighted by atomic mass is 9.98. The number of fused-ring (bicyclic) bond motifs is 5. The molecular weight excluding hydrogens is 284 g/mol. The summed E-state index contributed by atoms with van der Waals surface area (Å²) in [6, 6.07) is 17.1. The van der Waals surface area contributed by atoms with Crippen LogP contribution in [0, 0.1) is 0 Å². The topological polar surface area (TPSA) is 54.4 Å². The molecule has 0 radical (unpaired) electrons. The average Bonchev–Trinajstić information content (AvgIpc) is 2.84. The Morgan fingerprint density at radius 2 is 1.67 bits per heavy atom. The molecule has 0 unspecified atom stereocenters. The first kappa shape index (κ1) is 12.6. The minimum atomic E-state index is -4.24. The fraction of sp³-hybridized carbons (Fsp3) is 0.0588. The van der Waals surface area contributed by atoms with E-state index >= 15 is 0 Å². The third kappa shape index (κ3) is 1.80. The van der Waals surface area contributed by atoms with E-state index in [4.69, 9.17) is 0 Å². The van der Waals surface area contributed by atoms with Crippen molar-refractivity contribution in [1.82, 2.24) is 0 Å². The van der Waals surface area contributed by atoms with Gasteiger partial charge in [-0.3, -0.25) is 4.55 Å². The summed E-state index contributed by atoms with van der Waals surface area (Å²) in [5.41, 5.74) is 3.76. The van der Waals surface area contributed by atoms with E-state index < -0.39 is 10.1 Å². The highest BCUT2D eigenvalue weighted by atomic mass is 32.2. The van der Waals surface area contributed by atoms with E-state index in [0.29, 0.717) is 12.0 Å². The van der Waals surface area contributed by atoms with E-state index in [1.54, 1.807) is 6.07 Å². The van der Waals surface area contributed by atoms with Crippen molar-refractivity contribution in [3.05, 3.63) is 65.7 Å². The third-order valence-electron chi connectivity index (χ3n) is 4.05. The second-order valence-corrected chi connectivity index (χ2v) is 6.65. The molecule has 1 aliphatic carbocycles.